The van der Waals surface area contributed by atoms with Crippen molar-refractivity contribution in [2.45, 2.75) is 26.8 Å². The van der Waals surface area contributed by atoms with Crippen LogP contribution in [0.25, 0.3) is 0 Å². The molecule has 0 spiro atoms. The Morgan fingerprint density at radius 2 is 1.78 bits per heavy atom. The second-order valence-electron chi connectivity index (χ2n) is 4.50. The fraction of sp³-hybridized carbons (Fsp3) is 0.357. The number of aromatic nitrogens is 2. The average Bonchev–Trinajstić information content (AvgIpc) is 2.60. The molecule has 0 fully saturated rings. The van der Waals surface area contributed by atoms with Crippen molar-refractivity contribution in [3.8, 4) is 0 Å². The van der Waals surface area contributed by atoms with Gasteiger partial charge in [0, 0.05) is 0 Å². The summed E-state index contributed by atoms with van der Waals surface area (Å²) in [6.07, 6.45) is 0.936. The van der Waals surface area contributed by atoms with Crippen molar-refractivity contribution in [3.05, 3.63) is 51.3 Å². The quantitative estimate of drug-likeness (QED) is 0.944. The van der Waals surface area contributed by atoms with Crippen LogP contribution in [-0.2, 0) is 13.0 Å². The largest absolute Gasteiger partial charge is 0.330 e. The van der Waals surface area contributed by atoms with Crippen LogP contribution in [0.4, 0.5) is 0 Å². The molecule has 0 aliphatic heterocycles. The van der Waals surface area contributed by atoms with Crippen molar-refractivity contribution in [1.29, 1.82) is 0 Å². The maximum absolute atomic E-state index is 5.54. The summed E-state index contributed by atoms with van der Waals surface area (Å²) in [5.74, 6) is 0. The first kappa shape index (κ1) is 13.3. The highest BCUT2D eigenvalue weighted by atomic mass is 79.9. The van der Waals surface area contributed by atoms with Gasteiger partial charge in [0.15, 0.2) is 0 Å². The SMILES string of the molecule is Cc1nn(Cc2ccc(CCN)cc2)c(C)c1Br. The highest BCUT2D eigenvalue weighted by Crippen LogP contribution is 2.20. The van der Waals surface area contributed by atoms with E-state index in [2.05, 4.69) is 52.2 Å². The molecular weight excluding hydrogens is 290 g/mol. The van der Waals surface area contributed by atoms with Crippen molar-refractivity contribution in [2.75, 3.05) is 6.54 Å². The molecule has 0 aliphatic rings. The zero-order valence-corrected chi connectivity index (χ0v) is 12.4. The Kier molecular flexibility index (Phi) is 4.19. The van der Waals surface area contributed by atoms with E-state index in [0.717, 1.165) is 23.1 Å². The molecule has 0 bridgehead atoms. The van der Waals surface area contributed by atoms with Crippen LogP contribution in [-0.4, -0.2) is 16.3 Å². The lowest BCUT2D eigenvalue weighted by Gasteiger charge is -2.06. The summed E-state index contributed by atoms with van der Waals surface area (Å²) in [5.41, 5.74) is 10.3. The Bertz CT molecular complexity index is 529. The minimum atomic E-state index is 0.698. The molecule has 18 heavy (non-hydrogen) atoms. The average molecular weight is 308 g/mol. The van der Waals surface area contributed by atoms with Crippen LogP contribution >= 0.6 is 15.9 Å². The van der Waals surface area contributed by atoms with Crippen molar-refractivity contribution in [3.63, 3.8) is 0 Å². The molecule has 4 heteroatoms. The summed E-state index contributed by atoms with van der Waals surface area (Å²) in [7, 11) is 0. The summed E-state index contributed by atoms with van der Waals surface area (Å²) in [6, 6.07) is 8.58. The fourth-order valence-corrected chi connectivity index (χ4v) is 2.26. The molecule has 0 aliphatic carbocycles. The number of hydrogen-bond donors (Lipinski definition) is 1. The summed E-state index contributed by atoms with van der Waals surface area (Å²) in [5, 5.41) is 4.51. The third-order valence-corrected chi connectivity index (χ3v) is 4.23. The molecule has 2 aromatic rings. The molecular formula is C14H18BrN3. The molecule has 0 amide bonds. The zero-order valence-electron chi connectivity index (χ0n) is 10.8. The van der Waals surface area contributed by atoms with E-state index in [-0.39, 0.29) is 0 Å². The van der Waals surface area contributed by atoms with Gasteiger partial charge in [-0.1, -0.05) is 24.3 Å². The molecule has 0 saturated heterocycles. The standard InChI is InChI=1S/C14H18BrN3/c1-10-14(15)11(2)18(17-10)9-13-5-3-12(4-6-13)7-8-16/h3-6H,7-9,16H2,1-2H3. The predicted octanol–water partition coefficient (Wildman–Crippen LogP) is 2.81. The molecule has 1 heterocycles. The Morgan fingerprint density at radius 3 is 2.28 bits per heavy atom. The molecule has 1 aromatic heterocycles. The Balaban J connectivity index is 2.15. The normalized spacial score (nSPS) is 10.9. The van der Waals surface area contributed by atoms with Crippen LogP contribution in [0.15, 0.2) is 28.7 Å². The number of halogens is 1. The minimum absolute atomic E-state index is 0.698. The third kappa shape index (κ3) is 2.82. The van der Waals surface area contributed by atoms with E-state index in [0.29, 0.717) is 6.54 Å². The Hall–Kier alpha value is -1.13. The second kappa shape index (κ2) is 5.67. The molecule has 0 saturated carbocycles. The zero-order chi connectivity index (χ0) is 13.1. The maximum atomic E-state index is 5.54. The first-order valence-electron chi connectivity index (χ1n) is 6.09. The lowest BCUT2D eigenvalue weighted by molar-refractivity contribution is 0.658. The van der Waals surface area contributed by atoms with E-state index in [4.69, 9.17) is 5.73 Å². The van der Waals surface area contributed by atoms with Gasteiger partial charge in [-0.05, 0) is 53.9 Å². The van der Waals surface area contributed by atoms with Gasteiger partial charge in [-0.25, -0.2) is 0 Å². The van der Waals surface area contributed by atoms with Crippen LogP contribution in [0.2, 0.25) is 0 Å². The van der Waals surface area contributed by atoms with Crippen LogP contribution in [0, 0.1) is 13.8 Å². The number of nitrogens with two attached hydrogens (primary N) is 1. The highest BCUT2D eigenvalue weighted by Gasteiger charge is 2.08. The monoisotopic (exact) mass is 307 g/mol. The molecule has 3 nitrogen and oxygen atoms in total. The predicted molar refractivity (Wildman–Crippen MR) is 77.7 cm³/mol. The lowest BCUT2D eigenvalue weighted by atomic mass is 10.1. The molecule has 2 rings (SSSR count). The first-order valence-corrected chi connectivity index (χ1v) is 6.88. The van der Waals surface area contributed by atoms with Crippen LogP contribution in [0.3, 0.4) is 0 Å². The summed E-state index contributed by atoms with van der Waals surface area (Å²) in [6.45, 7) is 5.59. The summed E-state index contributed by atoms with van der Waals surface area (Å²) < 4.78 is 3.12. The number of rotatable bonds is 4. The highest BCUT2D eigenvalue weighted by molar-refractivity contribution is 9.10. The number of hydrogen-bond acceptors (Lipinski definition) is 2. The van der Waals surface area contributed by atoms with E-state index in [1.54, 1.807) is 0 Å². The second-order valence-corrected chi connectivity index (χ2v) is 5.29. The lowest BCUT2D eigenvalue weighted by Crippen LogP contribution is -2.05. The van der Waals surface area contributed by atoms with E-state index < -0.39 is 0 Å². The van der Waals surface area contributed by atoms with E-state index >= 15 is 0 Å². The van der Waals surface area contributed by atoms with Crippen LogP contribution < -0.4 is 5.73 Å². The van der Waals surface area contributed by atoms with Gasteiger partial charge in [0.05, 0.1) is 22.4 Å². The fourth-order valence-electron chi connectivity index (χ4n) is 1.98. The summed E-state index contributed by atoms with van der Waals surface area (Å²) >= 11 is 3.55. The van der Waals surface area contributed by atoms with Gasteiger partial charge in [-0.2, -0.15) is 5.10 Å². The number of benzene rings is 1. The topological polar surface area (TPSA) is 43.8 Å². The van der Waals surface area contributed by atoms with Crippen LogP contribution in [0.5, 0.6) is 0 Å². The van der Waals surface area contributed by atoms with E-state index in [1.165, 1.54) is 16.8 Å². The Morgan fingerprint density at radius 1 is 1.17 bits per heavy atom. The molecule has 0 unspecified atom stereocenters. The van der Waals surface area contributed by atoms with Gasteiger partial charge in [-0.15, -0.1) is 0 Å². The van der Waals surface area contributed by atoms with Gasteiger partial charge in [0.25, 0.3) is 0 Å². The van der Waals surface area contributed by atoms with E-state index in [1.807, 2.05) is 11.6 Å². The van der Waals surface area contributed by atoms with Gasteiger partial charge in [0.2, 0.25) is 0 Å². The third-order valence-electron chi connectivity index (χ3n) is 3.08. The molecule has 0 atom stereocenters. The van der Waals surface area contributed by atoms with Gasteiger partial charge in [-0.3, -0.25) is 4.68 Å². The van der Waals surface area contributed by atoms with Crippen molar-refractivity contribution < 1.29 is 0 Å². The maximum Gasteiger partial charge on any atom is 0.0738 e. The molecule has 1 aromatic carbocycles. The van der Waals surface area contributed by atoms with Crippen LogP contribution in [0.1, 0.15) is 22.5 Å². The van der Waals surface area contributed by atoms with Crippen molar-refractivity contribution in [2.24, 2.45) is 5.73 Å². The molecule has 0 radical (unpaired) electrons. The molecule has 2 N–H and O–H groups in total. The minimum Gasteiger partial charge on any atom is -0.330 e. The number of aryl methyl sites for hydroxylation is 1. The van der Waals surface area contributed by atoms with Crippen molar-refractivity contribution in [1.82, 2.24) is 9.78 Å². The Labute approximate surface area is 116 Å². The first-order chi connectivity index (χ1) is 8.61. The van der Waals surface area contributed by atoms with Crippen molar-refractivity contribution >= 4 is 15.9 Å². The van der Waals surface area contributed by atoms with Gasteiger partial charge in [0.1, 0.15) is 0 Å². The smallest absolute Gasteiger partial charge is 0.0738 e. The van der Waals surface area contributed by atoms with E-state index in [9.17, 15) is 0 Å². The summed E-state index contributed by atoms with van der Waals surface area (Å²) in [4.78, 5) is 0. The number of nitrogens with zero attached hydrogens (tertiary/aromatic N) is 2. The molecule has 96 valence electrons. The van der Waals surface area contributed by atoms with Gasteiger partial charge >= 0.3 is 0 Å². The van der Waals surface area contributed by atoms with Gasteiger partial charge < -0.3 is 5.73 Å².